The van der Waals surface area contributed by atoms with Crippen LogP contribution in [0.3, 0.4) is 0 Å². The average molecular weight is 343 g/mol. The van der Waals surface area contributed by atoms with Gasteiger partial charge in [0.2, 0.25) is 0 Å². The summed E-state index contributed by atoms with van der Waals surface area (Å²) in [6, 6.07) is 14.2. The number of halogens is 3. The Morgan fingerprint density at radius 1 is 1.12 bits per heavy atom. The van der Waals surface area contributed by atoms with E-state index in [2.05, 4.69) is 10.7 Å². The average Bonchev–Trinajstić information content (AvgIpc) is 2.95. The second-order valence-electron chi connectivity index (χ2n) is 6.12. The predicted octanol–water partition coefficient (Wildman–Crippen LogP) is 4.16. The zero-order chi connectivity index (χ0) is 17.8. The number of nitrogens with zero attached hydrogens (tertiary/aromatic N) is 1. The van der Waals surface area contributed by atoms with Crippen LogP contribution in [0.2, 0.25) is 0 Å². The van der Waals surface area contributed by atoms with E-state index in [1.54, 1.807) is 53.5 Å². The highest BCUT2D eigenvalue weighted by molar-refractivity contribution is 6.14. The molecule has 1 amide bonds. The molecule has 0 saturated heterocycles. The molecule has 0 fully saturated rings. The quantitative estimate of drug-likeness (QED) is 0.673. The lowest BCUT2D eigenvalue weighted by Gasteiger charge is -2.32. The minimum atomic E-state index is -4.82. The molecule has 2 heterocycles. The molecule has 0 radical (unpaired) electrons. The third-order valence-corrected chi connectivity index (χ3v) is 4.79. The van der Waals surface area contributed by atoms with E-state index in [-0.39, 0.29) is 5.91 Å². The molecule has 2 aromatic carbocycles. The summed E-state index contributed by atoms with van der Waals surface area (Å²) in [6.07, 6.45) is -3.05. The van der Waals surface area contributed by atoms with E-state index in [1.165, 1.54) is 0 Å². The van der Waals surface area contributed by atoms with Gasteiger partial charge in [-0.05, 0) is 36.1 Å². The second-order valence-corrected chi connectivity index (χ2v) is 6.12. The van der Waals surface area contributed by atoms with E-state index >= 15 is 0 Å². The zero-order valence-electron chi connectivity index (χ0n) is 13.1. The largest absolute Gasteiger partial charge is 0.581 e. The van der Waals surface area contributed by atoms with E-state index in [4.69, 9.17) is 0 Å². The van der Waals surface area contributed by atoms with Crippen LogP contribution >= 0.6 is 0 Å². The molecule has 126 valence electrons. The molecule has 3 nitrogen and oxygen atoms in total. The van der Waals surface area contributed by atoms with Crippen molar-refractivity contribution in [1.82, 2.24) is 0 Å². The Morgan fingerprint density at radius 3 is 2.56 bits per heavy atom. The summed E-state index contributed by atoms with van der Waals surface area (Å²) < 4.78 is 40.6. The molecule has 0 spiro atoms. The number of rotatable bonds is 0. The lowest BCUT2D eigenvalue weighted by atomic mass is 9.79. The number of benzene rings is 2. The van der Waals surface area contributed by atoms with Crippen LogP contribution in [-0.4, -0.2) is 12.3 Å². The molecule has 25 heavy (non-hydrogen) atoms. The van der Waals surface area contributed by atoms with Crippen molar-refractivity contribution in [1.29, 1.82) is 0 Å². The highest BCUT2D eigenvalue weighted by Crippen LogP contribution is 2.57. The fourth-order valence-corrected chi connectivity index (χ4v) is 3.81. The first-order valence-corrected chi connectivity index (χ1v) is 7.62. The minimum absolute atomic E-state index is 0.174. The Morgan fingerprint density at radius 2 is 1.80 bits per heavy atom. The Bertz CT molecular complexity index is 941. The molecular formula is C19H12F3NO2. The molecule has 0 saturated carbocycles. The topological polar surface area (TPSA) is 29.5 Å². The van der Waals surface area contributed by atoms with E-state index in [9.17, 15) is 18.0 Å². The van der Waals surface area contributed by atoms with Crippen LogP contribution in [-0.2, 0) is 10.3 Å². The van der Waals surface area contributed by atoms with Crippen molar-refractivity contribution in [2.45, 2.75) is 24.7 Å². The van der Waals surface area contributed by atoms with Gasteiger partial charge < -0.3 is 4.74 Å². The van der Waals surface area contributed by atoms with Gasteiger partial charge in [-0.15, -0.1) is 13.2 Å². The summed E-state index contributed by atoms with van der Waals surface area (Å²) in [4.78, 5) is 14.5. The minimum Gasteiger partial charge on any atom is -0.352 e. The lowest BCUT2D eigenvalue weighted by Crippen LogP contribution is -2.40. The fourth-order valence-electron chi connectivity index (χ4n) is 3.81. The van der Waals surface area contributed by atoms with Gasteiger partial charge in [-0.25, -0.2) is 0 Å². The van der Waals surface area contributed by atoms with Gasteiger partial charge in [-0.3, -0.25) is 9.69 Å². The number of carbonyl (C=O) groups is 1. The Hall–Kier alpha value is -2.94. The SMILES string of the molecule is C[C@@]12c3ccccc3C(=O)N1c1ccccc1[C@@H]2C#COC(F)(F)F. The number of alkyl halides is 3. The number of amides is 1. The summed E-state index contributed by atoms with van der Waals surface area (Å²) in [7, 11) is 0. The van der Waals surface area contributed by atoms with Gasteiger partial charge in [0.1, 0.15) is 6.11 Å². The first kappa shape index (κ1) is 15.6. The molecule has 0 bridgehead atoms. The van der Waals surface area contributed by atoms with Crippen LogP contribution in [0.15, 0.2) is 48.5 Å². The van der Waals surface area contributed by atoms with Crippen molar-refractivity contribution >= 4 is 11.6 Å². The standard InChI is InChI=1S/C19H12F3NO2/c1-18-14-8-4-2-7-13(14)17(24)23(18)16-9-5-3-6-12(16)15(18)10-11-25-19(20,21)22/h2-9,15H,1H3/t15-,18-/m0/s1. The van der Waals surface area contributed by atoms with Crippen LogP contribution in [0.5, 0.6) is 0 Å². The number of hydrogen-bond donors (Lipinski definition) is 0. The molecule has 4 rings (SSSR count). The Kier molecular flexibility index (Phi) is 3.13. The monoisotopic (exact) mass is 343 g/mol. The molecule has 2 atom stereocenters. The van der Waals surface area contributed by atoms with Gasteiger partial charge in [-0.2, -0.15) is 0 Å². The first-order chi connectivity index (χ1) is 11.8. The number of para-hydroxylation sites is 1. The van der Waals surface area contributed by atoms with Gasteiger partial charge in [-0.1, -0.05) is 36.4 Å². The fraction of sp³-hybridized carbons (Fsp3) is 0.211. The molecular weight excluding hydrogens is 331 g/mol. The summed E-state index contributed by atoms with van der Waals surface area (Å²) in [5.41, 5.74) is 1.80. The van der Waals surface area contributed by atoms with E-state index in [0.29, 0.717) is 16.8 Å². The van der Waals surface area contributed by atoms with Crippen molar-refractivity contribution in [2.24, 2.45) is 0 Å². The molecule has 2 aliphatic heterocycles. The molecule has 2 aromatic rings. The number of ether oxygens (including phenoxy) is 1. The molecule has 2 aliphatic rings. The smallest absolute Gasteiger partial charge is 0.352 e. The van der Waals surface area contributed by atoms with Crippen molar-refractivity contribution in [3.63, 3.8) is 0 Å². The Labute approximate surface area is 142 Å². The van der Waals surface area contributed by atoms with Crippen molar-refractivity contribution in [3.05, 3.63) is 65.2 Å². The molecule has 0 unspecified atom stereocenters. The number of anilines is 1. The molecule has 0 aliphatic carbocycles. The van der Waals surface area contributed by atoms with E-state index in [0.717, 1.165) is 5.56 Å². The maximum atomic E-state index is 12.9. The molecule has 0 aromatic heterocycles. The molecule has 0 N–H and O–H groups in total. The number of carbonyl (C=O) groups excluding carboxylic acids is 1. The van der Waals surface area contributed by atoms with Gasteiger partial charge in [0.15, 0.2) is 0 Å². The van der Waals surface area contributed by atoms with Crippen LogP contribution < -0.4 is 4.90 Å². The van der Waals surface area contributed by atoms with Crippen LogP contribution in [0, 0.1) is 12.0 Å². The third kappa shape index (κ3) is 2.12. The Balaban J connectivity index is 1.89. The number of hydrogen-bond acceptors (Lipinski definition) is 2. The highest BCUT2D eigenvalue weighted by Gasteiger charge is 2.57. The van der Waals surface area contributed by atoms with Crippen molar-refractivity contribution < 1.29 is 22.7 Å². The van der Waals surface area contributed by atoms with Gasteiger partial charge in [0, 0.05) is 11.3 Å². The van der Waals surface area contributed by atoms with Crippen LogP contribution in [0.4, 0.5) is 18.9 Å². The van der Waals surface area contributed by atoms with Crippen molar-refractivity contribution in [3.8, 4) is 12.0 Å². The highest BCUT2D eigenvalue weighted by atomic mass is 19.4. The van der Waals surface area contributed by atoms with Crippen LogP contribution in [0.1, 0.15) is 34.3 Å². The summed E-state index contributed by atoms with van der Waals surface area (Å²) in [5, 5.41) is 0. The van der Waals surface area contributed by atoms with E-state index < -0.39 is 17.8 Å². The normalized spacial score (nSPS) is 23.4. The summed E-state index contributed by atoms with van der Waals surface area (Å²) >= 11 is 0. The maximum absolute atomic E-state index is 12.9. The van der Waals surface area contributed by atoms with Crippen molar-refractivity contribution in [2.75, 3.05) is 4.90 Å². The second kappa shape index (κ2) is 5.03. The van der Waals surface area contributed by atoms with Gasteiger partial charge in [0.05, 0.1) is 11.5 Å². The number of fused-ring (bicyclic) bond motifs is 5. The van der Waals surface area contributed by atoms with E-state index in [1.807, 2.05) is 13.0 Å². The first-order valence-electron chi connectivity index (χ1n) is 7.62. The summed E-state index contributed by atoms with van der Waals surface area (Å²) in [5.74, 6) is 1.78. The predicted molar refractivity (Wildman–Crippen MR) is 84.7 cm³/mol. The van der Waals surface area contributed by atoms with Gasteiger partial charge >= 0.3 is 6.36 Å². The van der Waals surface area contributed by atoms with Crippen LogP contribution in [0.25, 0.3) is 0 Å². The maximum Gasteiger partial charge on any atom is 0.581 e. The molecule has 6 heteroatoms. The van der Waals surface area contributed by atoms with Gasteiger partial charge in [0.25, 0.3) is 5.91 Å². The lowest BCUT2D eigenvalue weighted by molar-refractivity contribution is -0.291. The zero-order valence-corrected chi connectivity index (χ0v) is 13.1. The summed E-state index contributed by atoms with van der Waals surface area (Å²) in [6.45, 7) is 1.82. The third-order valence-electron chi connectivity index (χ3n) is 4.79.